The lowest BCUT2D eigenvalue weighted by Gasteiger charge is -2.29. The molecule has 0 radical (unpaired) electrons. The predicted octanol–water partition coefficient (Wildman–Crippen LogP) is 2.00. The van der Waals surface area contributed by atoms with Crippen molar-refractivity contribution in [1.82, 2.24) is 10.2 Å². The highest BCUT2D eigenvalue weighted by Crippen LogP contribution is 2.14. The summed E-state index contributed by atoms with van der Waals surface area (Å²) >= 11 is 0. The molecule has 126 valence electrons. The molecule has 1 heterocycles. The smallest absolute Gasteiger partial charge is 0.224 e. The number of benzene rings is 1. The largest absolute Gasteiger partial charge is 0.356 e. The van der Waals surface area contributed by atoms with Gasteiger partial charge in [0.25, 0.3) is 0 Å². The number of carbonyl (C=O) groups excluding carboxylic acids is 2. The van der Waals surface area contributed by atoms with E-state index in [4.69, 9.17) is 0 Å². The standard InChI is InChI=1S/C17H24FN3O2/c1-21-9-3-4-13(12-21)11-19-16(22)7-8-17(23)20-15-6-2-5-14(18)10-15/h2,5-6,10,13H,3-4,7-9,11-12H2,1H3,(H,19,22)(H,20,23)/t13-/m1/s1. The molecule has 0 unspecified atom stereocenters. The van der Waals surface area contributed by atoms with Crippen molar-refractivity contribution in [3.8, 4) is 0 Å². The molecule has 1 aromatic rings. The number of hydrogen-bond donors (Lipinski definition) is 2. The molecule has 1 atom stereocenters. The van der Waals surface area contributed by atoms with Gasteiger partial charge < -0.3 is 15.5 Å². The fourth-order valence-corrected chi connectivity index (χ4v) is 2.80. The quantitative estimate of drug-likeness (QED) is 0.842. The predicted molar refractivity (Wildman–Crippen MR) is 87.5 cm³/mol. The lowest BCUT2D eigenvalue weighted by molar-refractivity contribution is -0.124. The summed E-state index contributed by atoms with van der Waals surface area (Å²) in [6, 6.07) is 5.70. The number of amides is 2. The van der Waals surface area contributed by atoms with Crippen LogP contribution in [-0.4, -0.2) is 43.4 Å². The van der Waals surface area contributed by atoms with Crippen LogP contribution in [0.3, 0.4) is 0 Å². The van der Waals surface area contributed by atoms with Gasteiger partial charge in [0.15, 0.2) is 0 Å². The monoisotopic (exact) mass is 321 g/mol. The van der Waals surface area contributed by atoms with E-state index in [0.29, 0.717) is 18.2 Å². The highest BCUT2D eigenvalue weighted by molar-refractivity contribution is 5.93. The lowest BCUT2D eigenvalue weighted by Crippen LogP contribution is -2.39. The topological polar surface area (TPSA) is 61.4 Å². The van der Waals surface area contributed by atoms with E-state index in [0.717, 1.165) is 25.9 Å². The first-order chi connectivity index (χ1) is 11.0. The van der Waals surface area contributed by atoms with Gasteiger partial charge in [-0.15, -0.1) is 0 Å². The van der Waals surface area contributed by atoms with Gasteiger partial charge in [-0.05, 0) is 50.6 Å². The molecule has 1 aromatic carbocycles. The molecule has 6 heteroatoms. The molecule has 1 aliphatic rings. The summed E-state index contributed by atoms with van der Waals surface area (Å²) in [4.78, 5) is 25.8. The third-order valence-electron chi connectivity index (χ3n) is 4.00. The van der Waals surface area contributed by atoms with Gasteiger partial charge in [0.1, 0.15) is 5.82 Å². The molecule has 0 saturated carbocycles. The van der Waals surface area contributed by atoms with Crippen LogP contribution in [0.5, 0.6) is 0 Å². The molecule has 1 fully saturated rings. The Labute approximate surface area is 136 Å². The molecule has 0 aromatic heterocycles. The maximum Gasteiger partial charge on any atom is 0.224 e. The van der Waals surface area contributed by atoms with Gasteiger partial charge in [-0.2, -0.15) is 0 Å². The molecule has 0 spiro atoms. The van der Waals surface area contributed by atoms with Gasteiger partial charge in [0, 0.05) is 31.6 Å². The van der Waals surface area contributed by atoms with Crippen LogP contribution in [0.15, 0.2) is 24.3 Å². The van der Waals surface area contributed by atoms with Crippen LogP contribution in [0.4, 0.5) is 10.1 Å². The van der Waals surface area contributed by atoms with Crippen molar-refractivity contribution in [2.24, 2.45) is 5.92 Å². The molecule has 23 heavy (non-hydrogen) atoms. The molecule has 1 aliphatic heterocycles. The molecule has 5 nitrogen and oxygen atoms in total. The van der Waals surface area contributed by atoms with Gasteiger partial charge in [-0.3, -0.25) is 9.59 Å². The van der Waals surface area contributed by atoms with Crippen LogP contribution in [-0.2, 0) is 9.59 Å². The molecule has 1 saturated heterocycles. The van der Waals surface area contributed by atoms with Gasteiger partial charge in [0.05, 0.1) is 0 Å². The van der Waals surface area contributed by atoms with Gasteiger partial charge >= 0.3 is 0 Å². The van der Waals surface area contributed by atoms with E-state index in [9.17, 15) is 14.0 Å². The Kier molecular flexibility index (Phi) is 6.52. The summed E-state index contributed by atoms with van der Waals surface area (Å²) in [7, 11) is 2.09. The highest BCUT2D eigenvalue weighted by atomic mass is 19.1. The molecule has 2 amide bonds. The third-order valence-corrected chi connectivity index (χ3v) is 4.00. The average molecular weight is 321 g/mol. The Morgan fingerprint density at radius 2 is 2.09 bits per heavy atom. The molecule has 2 N–H and O–H groups in total. The number of likely N-dealkylation sites (tertiary alicyclic amines) is 1. The van der Waals surface area contributed by atoms with Crippen molar-refractivity contribution in [2.45, 2.75) is 25.7 Å². The Bertz CT molecular complexity index is 550. The van der Waals surface area contributed by atoms with Gasteiger partial charge in [-0.1, -0.05) is 6.07 Å². The normalized spacial score (nSPS) is 18.4. The van der Waals surface area contributed by atoms with Crippen LogP contribution in [0.2, 0.25) is 0 Å². The number of anilines is 1. The SMILES string of the molecule is CN1CCC[C@H](CNC(=O)CCC(=O)Nc2cccc(F)c2)C1. The first-order valence-electron chi connectivity index (χ1n) is 8.03. The van der Waals surface area contributed by atoms with Gasteiger partial charge in [0.2, 0.25) is 11.8 Å². The molecular formula is C17H24FN3O2. The lowest BCUT2D eigenvalue weighted by atomic mass is 9.98. The van der Waals surface area contributed by atoms with Crippen LogP contribution in [0, 0.1) is 11.7 Å². The summed E-state index contributed by atoms with van der Waals surface area (Å²) in [6.07, 6.45) is 2.52. The number of halogens is 1. The molecular weight excluding hydrogens is 297 g/mol. The zero-order chi connectivity index (χ0) is 16.7. The Hall–Kier alpha value is -1.95. The summed E-state index contributed by atoms with van der Waals surface area (Å²) in [6.45, 7) is 2.78. The van der Waals surface area contributed by atoms with E-state index in [-0.39, 0.29) is 24.7 Å². The summed E-state index contributed by atoms with van der Waals surface area (Å²) in [5.74, 6) is -0.326. The summed E-state index contributed by atoms with van der Waals surface area (Å²) in [5, 5.41) is 5.48. The van der Waals surface area contributed by atoms with Crippen molar-refractivity contribution < 1.29 is 14.0 Å². The Morgan fingerprint density at radius 1 is 1.30 bits per heavy atom. The van der Waals surface area contributed by atoms with Crippen LogP contribution in [0.1, 0.15) is 25.7 Å². The van der Waals surface area contributed by atoms with Crippen molar-refractivity contribution >= 4 is 17.5 Å². The second-order valence-corrected chi connectivity index (χ2v) is 6.13. The minimum atomic E-state index is -0.405. The number of piperidine rings is 1. The second-order valence-electron chi connectivity index (χ2n) is 6.13. The van der Waals surface area contributed by atoms with Crippen LogP contribution >= 0.6 is 0 Å². The first kappa shape index (κ1) is 17.4. The van der Waals surface area contributed by atoms with E-state index in [2.05, 4.69) is 22.6 Å². The van der Waals surface area contributed by atoms with E-state index >= 15 is 0 Å². The van der Waals surface area contributed by atoms with E-state index < -0.39 is 5.82 Å². The number of nitrogens with zero attached hydrogens (tertiary/aromatic N) is 1. The van der Waals surface area contributed by atoms with Crippen molar-refractivity contribution in [2.75, 3.05) is 32.0 Å². The number of nitrogens with one attached hydrogen (secondary N) is 2. The molecule has 0 aliphatic carbocycles. The minimum Gasteiger partial charge on any atom is -0.356 e. The van der Waals surface area contributed by atoms with Gasteiger partial charge in [-0.25, -0.2) is 4.39 Å². The van der Waals surface area contributed by atoms with Crippen LogP contribution in [0.25, 0.3) is 0 Å². The first-order valence-corrected chi connectivity index (χ1v) is 8.03. The number of rotatable bonds is 6. The van der Waals surface area contributed by atoms with Crippen LogP contribution < -0.4 is 10.6 Å². The maximum atomic E-state index is 13.0. The van der Waals surface area contributed by atoms with E-state index in [1.54, 1.807) is 6.07 Å². The van der Waals surface area contributed by atoms with E-state index in [1.807, 2.05) is 0 Å². The highest BCUT2D eigenvalue weighted by Gasteiger charge is 2.17. The van der Waals surface area contributed by atoms with Crippen molar-refractivity contribution in [3.63, 3.8) is 0 Å². The third kappa shape index (κ3) is 6.36. The number of carbonyl (C=O) groups is 2. The minimum absolute atomic E-state index is 0.0902. The Balaban J connectivity index is 1.64. The fraction of sp³-hybridized carbons (Fsp3) is 0.529. The summed E-state index contributed by atoms with van der Waals surface area (Å²) < 4.78 is 13.0. The summed E-state index contributed by atoms with van der Waals surface area (Å²) in [5.41, 5.74) is 0.403. The van der Waals surface area contributed by atoms with Crippen molar-refractivity contribution in [1.29, 1.82) is 0 Å². The molecule has 2 rings (SSSR count). The maximum absolute atomic E-state index is 13.0. The molecule has 0 bridgehead atoms. The number of hydrogen-bond acceptors (Lipinski definition) is 3. The zero-order valence-electron chi connectivity index (χ0n) is 13.5. The Morgan fingerprint density at radius 3 is 2.83 bits per heavy atom. The second kappa shape index (κ2) is 8.62. The van der Waals surface area contributed by atoms with Crippen molar-refractivity contribution in [3.05, 3.63) is 30.1 Å². The average Bonchev–Trinajstić information content (AvgIpc) is 2.51. The van der Waals surface area contributed by atoms with E-state index in [1.165, 1.54) is 18.2 Å². The zero-order valence-corrected chi connectivity index (χ0v) is 13.5. The fourth-order valence-electron chi connectivity index (χ4n) is 2.80.